The molecule has 0 saturated carbocycles. The Morgan fingerprint density at radius 2 is 1.81 bits per heavy atom. The van der Waals surface area contributed by atoms with E-state index in [0.717, 1.165) is 61.0 Å². The molecule has 1 amide bonds. The van der Waals surface area contributed by atoms with E-state index >= 15 is 0 Å². The van der Waals surface area contributed by atoms with Crippen molar-refractivity contribution in [2.45, 2.75) is 20.1 Å². The van der Waals surface area contributed by atoms with Gasteiger partial charge in [-0.1, -0.05) is 42.5 Å². The number of carbonyl (C=O) groups is 1. The van der Waals surface area contributed by atoms with Crippen LogP contribution in [0.5, 0.6) is 5.75 Å². The number of ether oxygens (including phenoxy) is 1. The van der Waals surface area contributed by atoms with Crippen LogP contribution in [-0.2, 0) is 13.2 Å². The molecule has 1 N–H and O–H groups in total. The highest BCUT2D eigenvalue weighted by molar-refractivity contribution is 7.17. The first-order valence-electron chi connectivity index (χ1n) is 11.3. The Hall–Kier alpha value is -2.67. The molecule has 3 heterocycles. The fraction of sp³-hybridized carbons (Fsp3) is 0.346. The SMILES string of the molecule is Cc1cccc2c1-c1sc(C(=O)NCCN3CCN(Cc4ccccc4)CC3)cc1CO2. The van der Waals surface area contributed by atoms with E-state index in [-0.39, 0.29) is 5.91 Å². The van der Waals surface area contributed by atoms with Crippen LogP contribution in [0, 0.1) is 6.92 Å². The molecule has 2 aliphatic rings. The standard InChI is InChI=1S/C26H29N3O2S/c1-19-6-5-9-22-24(19)25-21(18-31-22)16-23(32-25)26(30)27-10-11-28-12-14-29(15-13-28)17-20-7-3-2-4-8-20/h2-9,16H,10-15,17-18H2,1H3,(H,27,30). The number of thiophene rings is 1. The molecular formula is C26H29N3O2S. The molecule has 0 radical (unpaired) electrons. The summed E-state index contributed by atoms with van der Waals surface area (Å²) in [5.74, 6) is 0.931. The van der Waals surface area contributed by atoms with Gasteiger partial charge < -0.3 is 10.1 Å². The molecule has 5 nitrogen and oxygen atoms in total. The first-order chi connectivity index (χ1) is 15.7. The number of carbonyl (C=O) groups excluding carboxylic acids is 1. The molecule has 2 aliphatic heterocycles. The highest BCUT2D eigenvalue weighted by Gasteiger charge is 2.24. The molecule has 2 aromatic carbocycles. The minimum Gasteiger partial charge on any atom is -0.488 e. The number of rotatable bonds is 6. The number of benzene rings is 2. The fourth-order valence-electron chi connectivity index (χ4n) is 4.49. The van der Waals surface area contributed by atoms with Gasteiger partial charge in [0.05, 0.1) is 4.88 Å². The van der Waals surface area contributed by atoms with Crippen molar-refractivity contribution in [3.63, 3.8) is 0 Å². The molecule has 1 saturated heterocycles. The third-order valence-electron chi connectivity index (χ3n) is 6.31. The second-order valence-corrected chi connectivity index (χ2v) is 9.61. The first kappa shape index (κ1) is 21.2. The van der Waals surface area contributed by atoms with Gasteiger partial charge in [-0.15, -0.1) is 11.3 Å². The lowest BCUT2D eigenvalue weighted by Gasteiger charge is -2.34. The van der Waals surface area contributed by atoms with Crippen LogP contribution in [-0.4, -0.2) is 55.0 Å². The van der Waals surface area contributed by atoms with Crippen molar-refractivity contribution in [1.82, 2.24) is 15.1 Å². The highest BCUT2D eigenvalue weighted by Crippen LogP contribution is 2.44. The first-order valence-corrected chi connectivity index (χ1v) is 12.1. The lowest BCUT2D eigenvalue weighted by Crippen LogP contribution is -2.48. The van der Waals surface area contributed by atoms with Crippen molar-refractivity contribution in [2.24, 2.45) is 0 Å². The summed E-state index contributed by atoms with van der Waals surface area (Å²) in [5, 5.41) is 3.12. The zero-order valence-corrected chi connectivity index (χ0v) is 19.3. The van der Waals surface area contributed by atoms with Crippen LogP contribution in [0.25, 0.3) is 10.4 Å². The third kappa shape index (κ3) is 4.58. The lowest BCUT2D eigenvalue weighted by atomic mass is 10.0. The summed E-state index contributed by atoms with van der Waals surface area (Å²) in [5.41, 5.74) is 4.79. The van der Waals surface area contributed by atoms with Crippen molar-refractivity contribution < 1.29 is 9.53 Å². The Balaban J connectivity index is 1.11. The average molecular weight is 448 g/mol. The molecule has 0 unspecified atom stereocenters. The largest absolute Gasteiger partial charge is 0.488 e. The molecule has 0 aliphatic carbocycles. The van der Waals surface area contributed by atoms with E-state index in [9.17, 15) is 4.79 Å². The summed E-state index contributed by atoms with van der Waals surface area (Å²) in [6.45, 7) is 9.43. The van der Waals surface area contributed by atoms with Crippen LogP contribution in [0.4, 0.5) is 0 Å². The maximum absolute atomic E-state index is 12.8. The summed E-state index contributed by atoms with van der Waals surface area (Å²) >= 11 is 1.58. The van der Waals surface area contributed by atoms with Crippen molar-refractivity contribution >= 4 is 17.2 Å². The minimum atomic E-state index is 0.0160. The zero-order chi connectivity index (χ0) is 21.9. The lowest BCUT2D eigenvalue weighted by molar-refractivity contribution is 0.0938. The zero-order valence-electron chi connectivity index (χ0n) is 18.5. The molecule has 166 valence electrons. The molecule has 0 atom stereocenters. The number of hydrogen-bond donors (Lipinski definition) is 1. The fourth-order valence-corrected chi connectivity index (χ4v) is 5.69. The van der Waals surface area contributed by atoms with Crippen LogP contribution in [0.15, 0.2) is 54.6 Å². The van der Waals surface area contributed by atoms with Crippen molar-refractivity contribution in [3.05, 3.63) is 76.2 Å². The van der Waals surface area contributed by atoms with Crippen LogP contribution in [0.3, 0.4) is 0 Å². The quantitative estimate of drug-likeness (QED) is 0.616. The van der Waals surface area contributed by atoms with Crippen molar-refractivity contribution in [1.29, 1.82) is 0 Å². The number of aryl methyl sites for hydroxylation is 1. The smallest absolute Gasteiger partial charge is 0.261 e. The maximum Gasteiger partial charge on any atom is 0.261 e. The van der Waals surface area contributed by atoms with E-state index < -0.39 is 0 Å². The van der Waals surface area contributed by atoms with Gasteiger partial charge in [0.1, 0.15) is 12.4 Å². The maximum atomic E-state index is 12.8. The van der Waals surface area contributed by atoms with Gasteiger partial charge in [0.15, 0.2) is 0 Å². The van der Waals surface area contributed by atoms with E-state index in [4.69, 9.17) is 4.74 Å². The van der Waals surface area contributed by atoms with Crippen LogP contribution in [0.1, 0.15) is 26.4 Å². The van der Waals surface area contributed by atoms with Gasteiger partial charge in [-0.3, -0.25) is 14.6 Å². The minimum absolute atomic E-state index is 0.0160. The Kier molecular flexibility index (Phi) is 6.26. The van der Waals surface area contributed by atoms with Gasteiger partial charge in [-0.05, 0) is 30.2 Å². The molecule has 5 rings (SSSR count). The summed E-state index contributed by atoms with van der Waals surface area (Å²) < 4.78 is 5.89. The molecular weight excluding hydrogens is 418 g/mol. The van der Waals surface area contributed by atoms with E-state index in [1.54, 1.807) is 11.3 Å². The number of piperazine rings is 1. The molecule has 0 spiro atoms. The van der Waals surface area contributed by atoms with Gasteiger partial charge >= 0.3 is 0 Å². The van der Waals surface area contributed by atoms with E-state index in [0.29, 0.717) is 13.2 Å². The third-order valence-corrected chi connectivity index (χ3v) is 7.50. The summed E-state index contributed by atoms with van der Waals surface area (Å²) in [7, 11) is 0. The predicted molar refractivity (Wildman–Crippen MR) is 129 cm³/mol. The van der Waals surface area contributed by atoms with Crippen molar-refractivity contribution in [3.8, 4) is 16.2 Å². The second kappa shape index (κ2) is 9.45. The Morgan fingerprint density at radius 1 is 1.03 bits per heavy atom. The van der Waals surface area contributed by atoms with Crippen molar-refractivity contribution in [2.75, 3.05) is 39.3 Å². The number of hydrogen-bond acceptors (Lipinski definition) is 5. The Bertz CT molecular complexity index is 1090. The van der Waals surface area contributed by atoms with E-state index in [2.05, 4.69) is 58.4 Å². The van der Waals surface area contributed by atoms with Crippen LogP contribution >= 0.6 is 11.3 Å². The monoisotopic (exact) mass is 447 g/mol. The second-order valence-electron chi connectivity index (χ2n) is 8.56. The van der Waals surface area contributed by atoms with E-state index in [1.165, 1.54) is 16.0 Å². The number of nitrogens with zero attached hydrogens (tertiary/aromatic N) is 2. The Labute approximate surface area is 193 Å². The molecule has 32 heavy (non-hydrogen) atoms. The normalized spacial score (nSPS) is 16.2. The number of fused-ring (bicyclic) bond motifs is 3. The molecule has 3 aromatic rings. The average Bonchev–Trinajstić information content (AvgIpc) is 3.26. The highest BCUT2D eigenvalue weighted by atomic mass is 32.1. The summed E-state index contributed by atoms with van der Waals surface area (Å²) in [4.78, 5) is 19.7. The molecule has 0 bridgehead atoms. The number of nitrogens with one attached hydrogen (secondary N) is 1. The molecule has 1 aromatic heterocycles. The summed E-state index contributed by atoms with van der Waals surface area (Å²) in [6, 6.07) is 18.8. The summed E-state index contributed by atoms with van der Waals surface area (Å²) in [6.07, 6.45) is 0. The van der Waals surface area contributed by atoms with E-state index in [1.807, 2.05) is 18.2 Å². The number of amides is 1. The predicted octanol–water partition coefficient (Wildman–Crippen LogP) is 4.16. The van der Waals surface area contributed by atoms with Crippen LogP contribution in [0.2, 0.25) is 0 Å². The molecule has 6 heteroatoms. The van der Waals surface area contributed by atoms with Gasteiger partial charge in [0, 0.05) is 61.8 Å². The van der Waals surface area contributed by atoms with Gasteiger partial charge in [-0.25, -0.2) is 0 Å². The molecule has 1 fully saturated rings. The van der Waals surface area contributed by atoms with Gasteiger partial charge in [0.2, 0.25) is 0 Å². The topological polar surface area (TPSA) is 44.8 Å². The van der Waals surface area contributed by atoms with Crippen LogP contribution < -0.4 is 10.1 Å². The Morgan fingerprint density at radius 3 is 2.62 bits per heavy atom. The van der Waals surface area contributed by atoms with Gasteiger partial charge in [-0.2, -0.15) is 0 Å². The van der Waals surface area contributed by atoms with Gasteiger partial charge in [0.25, 0.3) is 5.91 Å².